The van der Waals surface area contributed by atoms with Crippen LogP contribution in [0.2, 0.25) is 10.2 Å². The fourth-order valence-corrected chi connectivity index (χ4v) is 2.49. The van der Waals surface area contributed by atoms with Gasteiger partial charge in [0, 0.05) is 4.47 Å². The number of nitrogens with one attached hydrogen (secondary N) is 1. The topological polar surface area (TPSA) is 54.9 Å². The summed E-state index contributed by atoms with van der Waals surface area (Å²) < 4.78 is 1.64. The summed E-state index contributed by atoms with van der Waals surface area (Å²) in [5.41, 5.74) is -0.215. The van der Waals surface area contributed by atoms with E-state index < -0.39 is 11.2 Å². The van der Waals surface area contributed by atoms with Crippen LogP contribution in [0.1, 0.15) is 12.5 Å². The zero-order valence-corrected chi connectivity index (χ0v) is 12.9. The van der Waals surface area contributed by atoms with Crippen LogP contribution in [0.25, 0.3) is 5.69 Å². The van der Waals surface area contributed by atoms with Gasteiger partial charge in [0.15, 0.2) is 0 Å². The van der Waals surface area contributed by atoms with Gasteiger partial charge in [-0.25, -0.2) is 9.36 Å². The van der Waals surface area contributed by atoms with Gasteiger partial charge in [-0.15, -0.1) is 0 Å². The smallest absolute Gasteiger partial charge is 0.297 e. The van der Waals surface area contributed by atoms with Crippen molar-refractivity contribution in [1.29, 1.82) is 0 Å². The number of halogens is 3. The predicted octanol–water partition coefficient (Wildman–Crippen LogP) is 3.16. The number of benzene rings is 1. The Morgan fingerprint density at radius 3 is 2.58 bits per heavy atom. The van der Waals surface area contributed by atoms with E-state index in [9.17, 15) is 9.59 Å². The first kappa shape index (κ1) is 14.4. The lowest BCUT2D eigenvalue weighted by molar-refractivity contribution is 0.841. The van der Waals surface area contributed by atoms with E-state index in [1.807, 2.05) is 0 Å². The number of hydrogen-bond acceptors (Lipinski definition) is 2. The van der Waals surface area contributed by atoms with E-state index in [1.165, 1.54) is 0 Å². The first-order chi connectivity index (χ1) is 8.95. The fraction of sp³-hybridized carbons (Fsp3) is 0.167. The van der Waals surface area contributed by atoms with Crippen molar-refractivity contribution in [3.8, 4) is 5.69 Å². The highest BCUT2D eigenvalue weighted by atomic mass is 79.9. The molecule has 1 heterocycles. The van der Waals surface area contributed by atoms with Gasteiger partial charge in [0.2, 0.25) is 0 Å². The number of hydrogen-bond donors (Lipinski definition) is 1. The molecule has 0 aliphatic rings. The third-order valence-electron chi connectivity index (χ3n) is 2.66. The Balaban J connectivity index is 2.79. The minimum absolute atomic E-state index is 0.0850. The third-order valence-corrected chi connectivity index (χ3v) is 4.20. The van der Waals surface area contributed by atoms with Gasteiger partial charge in [-0.2, -0.15) is 0 Å². The molecule has 0 saturated carbocycles. The monoisotopic (exact) mass is 362 g/mol. The molecule has 0 unspecified atom stereocenters. The van der Waals surface area contributed by atoms with Crippen molar-refractivity contribution in [2.24, 2.45) is 0 Å². The van der Waals surface area contributed by atoms with Crippen LogP contribution in [0.4, 0.5) is 0 Å². The first-order valence-electron chi connectivity index (χ1n) is 5.44. The van der Waals surface area contributed by atoms with Gasteiger partial charge in [0.25, 0.3) is 5.56 Å². The van der Waals surface area contributed by atoms with E-state index in [0.29, 0.717) is 27.2 Å². The van der Waals surface area contributed by atoms with Gasteiger partial charge in [0.1, 0.15) is 5.15 Å². The summed E-state index contributed by atoms with van der Waals surface area (Å²) >= 11 is 15.0. The summed E-state index contributed by atoms with van der Waals surface area (Å²) in [5, 5.41) is 0.583. The van der Waals surface area contributed by atoms with Crippen molar-refractivity contribution in [2.75, 3.05) is 0 Å². The quantitative estimate of drug-likeness (QED) is 0.833. The summed E-state index contributed by atoms with van der Waals surface area (Å²) in [6.07, 6.45) is 0.434. The summed E-state index contributed by atoms with van der Waals surface area (Å²) in [7, 11) is 0. The van der Waals surface area contributed by atoms with E-state index >= 15 is 0 Å². The van der Waals surface area contributed by atoms with Crippen LogP contribution in [0, 0.1) is 0 Å². The first-order valence-corrected chi connectivity index (χ1v) is 6.99. The summed E-state index contributed by atoms with van der Waals surface area (Å²) in [6, 6.07) is 4.80. The predicted molar refractivity (Wildman–Crippen MR) is 79.8 cm³/mol. The van der Waals surface area contributed by atoms with Crippen LogP contribution >= 0.6 is 39.1 Å². The van der Waals surface area contributed by atoms with E-state index in [0.717, 1.165) is 4.57 Å². The Bertz CT molecular complexity index is 752. The zero-order chi connectivity index (χ0) is 14.2. The summed E-state index contributed by atoms with van der Waals surface area (Å²) in [5.74, 6) is 0. The van der Waals surface area contributed by atoms with Gasteiger partial charge in [-0.05, 0) is 40.5 Å². The van der Waals surface area contributed by atoms with Crippen molar-refractivity contribution in [1.82, 2.24) is 9.55 Å². The number of nitrogens with zero attached hydrogens (tertiary/aromatic N) is 1. The van der Waals surface area contributed by atoms with Gasteiger partial charge in [-0.3, -0.25) is 9.78 Å². The Morgan fingerprint density at radius 2 is 2.00 bits per heavy atom. The molecule has 100 valence electrons. The largest absolute Gasteiger partial charge is 0.334 e. The Labute approximate surface area is 127 Å². The lowest BCUT2D eigenvalue weighted by Gasteiger charge is -2.08. The maximum absolute atomic E-state index is 12.2. The maximum Gasteiger partial charge on any atom is 0.334 e. The van der Waals surface area contributed by atoms with Crippen molar-refractivity contribution in [3.63, 3.8) is 0 Å². The molecule has 0 bridgehead atoms. The molecule has 4 nitrogen and oxygen atoms in total. The number of aromatic amines is 1. The highest BCUT2D eigenvalue weighted by molar-refractivity contribution is 9.10. The average Bonchev–Trinajstić information content (AvgIpc) is 2.33. The average molecular weight is 364 g/mol. The van der Waals surface area contributed by atoms with Crippen LogP contribution in [-0.4, -0.2) is 9.55 Å². The molecule has 0 atom stereocenters. The molecule has 0 amide bonds. The SMILES string of the molecule is CCc1c(Cl)[nH]c(=O)n(-c2ccc(Cl)c(Br)c2)c1=O. The highest BCUT2D eigenvalue weighted by Crippen LogP contribution is 2.24. The molecule has 2 aromatic rings. The Hall–Kier alpha value is -1.04. The van der Waals surface area contributed by atoms with Crippen molar-refractivity contribution in [3.05, 3.63) is 59.2 Å². The minimum atomic E-state index is -0.582. The normalized spacial score (nSPS) is 10.7. The molecule has 1 N–H and O–H groups in total. The van der Waals surface area contributed by atoms with Gasteiger partial charge < -0.3 is 0 Å². The van der Waals surface area contributed by atoms with Crippen LogP contribution in [0.3, 0.4) is 0 Å². The molecule has 0 radical (unpaired) electrons. The molecule has 0 spiro atoms. The zero-order valence-electron chi connectivity index (χ0n) is 9.84. The molecule has 0 saturated heterocycles. The molecular weight excluding hydrogens is 355 g/mol. The van der Waals surface area contributed by atoms with E-state index in [4.69, 9.17) is 23.2 Å². The lowest BCUT2D eigenvalue weighted by Crippen LogP contribution is -2.36. The molecule has 1 aromatic carbocycles. The van der Waals surface area contributed by atoms with Crippen LogP contribution < -0.4 is 11.2 Å². The van der Waals surface area contributed by atoms with Crippen LogP contribution in [0.5, 0.6) is 0 Å². The second-order valence-corrected chi connectivity index (χ2v) is 5.45. The van der Waals surface area contributed by atoms with Crippen molar-refractivity contribution in [2.45, 2.75) is 13.3 Å². The molecule has 0 aliphatic carbocycles. The Morgan fingerprint density at radius 1 is 1.32 bits per heavy atom. The van der Waals surface area contributed by atoms with E-state index in [2.05, 4.69) is 20.9 Å². The summed E-state index contributed by atoms with van der Waals surface area (Å²) in [4.78, 5) is 26.6. The second-order valence-electron chi connectivity index (χ2n) is 3.82. The molecular formula is C12H9BrCl2N2O2. The lowest BCUT2D eigenvalue weighted by atomic mass is 10.2. The highest BCUT2D eigenvalue weighted by Gasteiger charge is 2.13. The van der Waals surface area contributed by atoms with Gasteiger partial charge in [-0.1, -0.05) is 30.1 Å². The van der Waals surface area contributed by atoms with Crippen LogP contribution in [-0.2, 0) is 6.42 Å². The standard InChI is InChI=1S/C12H9BrCl2N2O2/c1-2-7-10(15)16-12(19)17(11(7)18)6-3-4-9(14)8(13)5-6/h3-5H,2H2,1H3,(H,16,19). The van der Waals surface area contributed by atoms with Crippen molar-refractivity contribution >= 4 is 39.1 Å². The van der Waals surface area contributed by atoms with Crippen molar-refractivity contribution < 1.29 is 0 Å². The Kier molecular flexibility index (Phi) is 4.18. The molecule has 2 rings (SSSR count). The molecule has 19 heavy (non-hydrogen) atoms. The summed E-state index contributed by atoms with van der Waals surface area (Å²) in [6.45, 7) is 1.79. The van der Waals surface area contributed by atoms with Gasteiger partial charge in [0.05, 0.1) is 16.3 Å². The maximum atomic E-state index is 12.2. The van der Waals surface area contributed by atoms with E-state index in [1.54, 1.807) is 25.1 Å². The molecule has 0 aliphatic heterocycles. The number of H-pyrrole nitrogens is 1. The van der Waals surface area contributed by atoms with Gasteiger partial charge >= 0.3 is 5.69 Å². The third kappa shape index (κ3) is 2.63. The molecule has 7 heteroatoms. The number of rotatable bonds is 2. The molecule has 1 aromatic heterocycles. The number of aromatic nitrogens is 2. The fourth-order valence-electron chi connectivity index (χ4n) is 1.71. The minimum Gasteiger partial charge on any atom is -0.297 e. The van der Waals surface area contributed by atoms with Crippen LogP contribution in [0.15, 0.2) is 32.3 Å². The molecule has 0 fully saturated rings. The second kappa shape index (κ2) is 5.53. The van der Waals surface area contributed by atoms with E-state index in [-0.39, 0.29) is 5.15 Å².